The fraction of sp³-hybridized carbons (Fsp3) is 0.188. The van der Waals surface area contributed by atoms with Gasteiger partial charge in [-0.05, 0) is 46.5 Å². The van der Waals surface area contributed by atoms with Gasteiger partial charge in [0.25, 0.3) is 0 Å². The Morgan fingerprint density at radius 3 is 2.55 bits per heavy atom. The van der Waals surface area contributed by atoms with Gasteiger partial charge in [-0.25, -0.2) is 4.39 Å². The Hall–Kier alpha value is -4.45. The zero-order valence-electron chi connectivity index (χ0n) is 20.6. The molecular weight excluding hydrogens is 481 g/mol. The van der Waals surface area contributed by atoms with Gasteiger partial charge in [-0.3, -0.25) is 9.59 Å². The predicted octanol–water partition coefficient (Wildman–Crippen LogP) is 5.41. The highest BCUT2D eigenvalue weighted by Gasteiger charge is 2.57. The number of para-hydroxylation sites is 1. The minimum absolute atomic E-state index is 0.0115. The molecule has 1 spiro atoms. The van der Waals surface area contributed by atoms with E-state index in [1.54, 1.807) is 24.3 Å². The van der Waals surface area contributed by atoms with Crippen LogP contribution in [0.25, 0.3) is 0 Å². The van der Waals surface area contributed by atoms with Crippen LogP contribution in [0.15, 0.2) is 84.9 Å². The summed E-state index contributed by atoms with van der Waals surface area (Å²) in [5.74, 6) is 1.09. The van der Waals surface area contributed by atoms with Crippen molar-refractivity contribution in [1.29, 1.82) is 0 Å². The van der Waals surface area contributed by atoms with Gasteiger partial charge in [0.15, 0.2) is 5.78 Å². The third-order valence-corrected chi connectivity index (χ3v) is 7.83. The molecule has 3 heterocycles. The molecule has 3 aliphatic rings. The Balaban J connectivity index is 1.17. The molecule has 7 rings (SSSR count). The van der Waals surface area contributed by atoms with Gasteiger partial charge in [-0.2, -0.15) is 0 Å². The monoisotopic (exact) mass is 505 g/mol. The first kappa shape index (κ1) is 22.7. The summed E-state index contributed by atoms with van der Waals surface area (Å²) in [6.07, 6.45) is 0.953. The summed E-state index contributed by atoms with van der Waals surface area (Å²) >= 11 is 0. The average molecular weight is 506 g/mol. The molecule has 6 heteroatoms. The van der Waals surface area contributed by atoms with Crippen LogP contribution in [-0.4, -0.2) is 24.9 Å². The smallest absolute Gasteiger partial charge is 0.246 e. The summed E-state index contributed by atoms with van der Waals surface area (Å²) in [5.41, 5.74) is 5.05. The molecule has 0 saturated carbocycles. The molecule has 0 radical (unpaired) electrons. The molecule has 0 bridgehead atoms. The molecule has 4 aromatic rings. The van der Waals surface area contributed by atoms with Crippen LogP contribution in [0.1, 0.15) is 38.2 Å². The third kappa shape index (κ3) is 3.44. The topological polar surface area (TPSA) is 55.8 Å². The van der Waals surface area contributed by atoms with E-state index in [1.807, 2.05) is 47.4 Å². The maximum Gasteiger partial charge on any atom is 0.246 e. The van der Waals surface area contributed by atoms with Crippen molar-refractivity contribution in [3.8, 4) is 11.5 Å². The van der Waals surface area contributed by atoms with Crippen molar-refractivity contribution in [2.75, 3.05) is 18.1 Å². The molecule has 1 unspecified atom stereocenters. The number of hydrogen-bond acceptors (Lipinski definition) is 4. The molecule has 0 saturated heterocycles. The largest absolute Gasteiger partial charge is 0.493 e. The highest BCUT2D eigenvalue weighted by atomic mass is 19.1. The summed E-state index contributed by atoms with van der Waals surface area (Å²) in [7, 11) is 0. The first-order chi connectivity index (χ1) is 18.5. The van der Waals surface area contributed by atoms with Crippen molar-refractivity contribution in [1.82, 2.24) is 0 Å². The Labute approximate surface area is 219 Å². The summed E-state index contributed by atoms with van der Waals surface area (Å²) in [5, 5.41) is 0. The van der Waals surface area contributed by atoms with Crippen LogP contribution in [0.2, 0.25) is 0 Å². The molecular formula is C32H24FNO4. The lowest BCUT2D eigenvalue weighted by Crippen LogP contribution is -2.42. The number of carbonyl (C=O) groups is 2. The number of fused-ring (bicyclic) bond motifs is 5. The van der Waals surface area contributed by atoms with E-state index in [2.05, 4.69) is 6.07 Å². The van der Waals surface area contributed by atoms with Crippen molar-refractivity contribution in [3.63, 3.8) is 0 Å². The van der Waals surface area contributed by atoms with E-state index < -0.39 is 5.41 Å². The standard InChI is InChI=1S/C32H24FNO4/c33-24-5-3-4-21(14-24)15-28(35)22-10-8-20(9-11-22)18-34-27-7-2-1-6-25(27)32(31(34)36)19-38-30-17-29-23(12-13-37-29)16-26(30)32/h1-11,14,16-17H,12-13,15,18-19H2. The quantitative estimate of drug-likeness (QED) is 0.341. The van der Waals surface area contributed by atoms with E-state index in [-0.39, 0.29) is 30.5 Å². The lowest BCUT2D eigenvalue weighted by molar-refractivity contribution is -0.122. The predicted molar refractivity (Wildman–Crippen MR) is 140 cm³/mol. The van der Waals surface area contributed by atoms with E-state index in [0.29, 0.717) is 30.0 Å². The number of ketones is 1. The summed E-state index contributed by atoms with van der Waals surface area (Å²) in [6.45, 7) is 1.27. The number of anilines is 1. The Kier molecular flexibility index (Phi) is 5.11. The molecule has 5 nitrogen and oxygen atoms in total. The van der Waals surface area contributed by atoms with Crippen molar-refractivity contribution in [3.05, 3.63) is 124 Å². The molecule has 188 valence electrons. The Morgan fingerprint density at radius 2 is 1.71 bits per heavy atom. The molecule has 3 aliphatic heterocycles. The van der Waals surface area contributed by atoms with Crippen molar-refractivity contribution in [2.45, 2.75) is 24.8 Å². The summed E-state index contributed by atoms with van der Waals surface area (Å²) in [4.78, 5) is 28.8. The fourth-order valence-electron chi connectivity index (χ4n) is 5.92. The highest BCUT2D eigenvalue weighted by molar-refractivity contribution is 6.11. The van der Waals surface area contributed by atoms with Crippen molar-refractivity contribution in [2.24, 2.45) is 0 Å². The lowest BCUT2D eigenvalue weighted by Gasteiger charge is -2.23. The minimum Gasteiger partial charge on any atom is -0.493 e. The van der Waals surface area contributed by atoms with Crippen molar-refractivity contribution >= 4 is 17.4 Å². The number of hydrogen-bond donors (Lipinski definition) is 0. The van der Waals surface area contributed by atoms with Gasteiger partial charge in [-0.1, -0.05) is 54.6 Å². The van der Waals surface area contributed by atoms with Gasteiger partial charge in [0.1, 0.15) is 29.3 Å². The van der Waals surface area contributed by atoms with E-state index >= 15 is 0 Å². The SMILES string of the molecule is O=C(Cc1cccc(F)c1)c1ccc(CN2C(=O)C3(COc4cc5c(cc43)CCO5)c3ccccc32)cc1. The number of benzene rings is 4. The number of nitrogens with zero attached hydrogens (tertiary/aromatic N) is 1. The van der Waals surface area contributed by atoms with E-state index in [9.17, 15) is 14.0 Å². The molecule has 0 fully saturated rings. The van der Waals surface area contributed by atoms with E-state index in [4.69, 9.17) is 9.47 Å². The molecule has 1 atom stereocenters. The molecule has 38 heavy (non-hydrogen) atoms. The summed E-state index contributed by atoms with van der Waals surface area (Å²) in [6, 6.07) is 25.3. The Morgan fingerprint density at radius 1 is 0.868 bits per heavy atom. The summed E-state index contributed by atoms with van der Waals surface area (Å²) < 4.78 is 25.3. The van der Waals surface area contributed by atoms with Crippen LogP contribution in [-0.2, 0) is 29.6 Å². The van der Waals surface area contributed by atoms with E-state index in [0.717, 1.165) is 40.1 Å². The number of halogens is 1. The fourth-order valence-corrected chi connectivity index (χ4v) is 5.92. The number of carbonyl (C=O) groups excluding carboxylic acids is 2. The number of amides is 1. The van der Waals surface area contributed by atoms with Crippen molar-refractivity contribution < 1.29 is 23.5 Å². The van der Waals surface area contributed by atoms with Crippen LogP contribution < -0.4 is 14.4 Å². The molecule has 0 aliphatic carbocycles. The van der Waals surface area contributed by atoms with Crippen LogP contribution in [0, 0.1) is 5.82 Å². The van der Waals surface area contributed by atoms with Gasteiger partial charge < -0.3 is 14.4 Å². The molecule has 0 N–H and O–H groups in total. The molecule has 0 aromatic heterocycles. The van der Waals surface area contributed by atoms with Crippen LogP contribution >= 0.6 is 0 Å². The first-order valence-electron chi connectivity index (χ1n) is 12.7. The Bertz CT molecular complexity index is 1610. The van der Waals surface area contributed by atoms with Gasteiger partial charge in [0.2, 0.25) is 5.91 Å². The average Bonchev–Trinajstić information content (AvgIpc) is 3.60. The van der Waals surface area contributed by atoms with Gasteiger partial charge in [-0.15, -0.1) is 0 Å². The number of Topliss-reactive ketones (excluding diaryl/α,β-unsaturated/α-hetero) is 1. The van der Waals surface area contributed by atoms with Crippen LogP contribution in [0.5, 0.6) is 11.5 Å². The van der Waals surface area contributed by atoms with Gasteiger partial charge in [0, 0.05) is 35.7 Å². The van der Waals surface area contributed by atoms with Gasteiger partial charge in [0.05, 0.1) is 13.2 Å². The maximum atomic E-state index is 14.2. The third-order valence-electron chi connectivity index (χ3n) is 7.83. The van der Waals surface area contributed by atoms with Gasteiger partial charge >= 0.3 is 0 Å². The second-order valence-electron chi connectivity index (χ2n) is 10.1. The lowest BCUT2D eigenvalue weighted by atomic mass is 9.76. The number of rotatable bonds is 5. The maximum absolute atomic E-state index is 14.2. The zero-order chi connectivity index (χ0) is 25.9. The second-order valence-corrected chi connectivity index (χ2v) is 10.1. The first-order valence-corrected chi connectivity index (χ1v) is 12.7. The minimum atomic E-state index is -0.885. The van der Waals surface area contributed by atoms with E-state index in [1.165, 1.54) is 12.1 Å². The second kappa shape index (κ2) is 8.55. The zero-order valence-corrected chi connectivity index (χ0v) is 20.6. The number of ether oxygens (including phenoxy) is 2. The molecule has 4 aromatic carbocycles. The normalized spacial score (nSPS) is 18.7. The molecule has 1 amide bonds. The van der Waals surface area contributed by atoms with Crippen LogP contribution in [0.3, 0.4) is 0 Å². The van der Waals surface area contributed by atoms with Crippen LogP contribution in [0.4, 0.5) is 10.1 Å². The highest BCUT2D eigenvalue weighted by Crippen LogP contribution is 2.54.